The van der Waals surface area contributed by atoms with Gasteiger partial charge in [0.25, 0.3) is 5.56 Å². The van der Waals surface area contributed by atoms with Gasteiger partial charge in [0.15, 0.2) is 0 Å². The summed E-state index contributed by atoms with van der Waals surface area (Å²) in [6.45, 7) is 4.53. The van der Waals surface area contributed by atoms with E-state index < -0.39 is 0 Å². The van der Waals surface area contributed by atoms with Crippen molar-refractivity contribution in [2.45, 2.75) is 45.0 Å². The van der Waals surface area contributed by atoms with Crippen molar-refractivity contribution in [3.8, 4) is 0 Å². The Hall–Kier alpha value is -1.35. The number of alkyl halides is 1. The van der Waals surface area contributed by atoms with Crippen LogP contribution in [0.1, 0.15) is 45.0 Å². The molecule has 2 aromatic rings. The van der Waals surface area contributed by atoms with Crippen LogP contribution >= 0.6 is 11.6 Å². The Labute approximate surface area is 130 Å². The van der Waals surface area contributed by atoms with Crippen molar-refractivity contribution in [2.75, 3.05) is 0 Å². The van der Waals surface area contributed by atoms with Crippen LogP contribution < -0.4 is 5.56 Å². The predicted molar refractivity (Wildman–Crippen MR) is 86.8 cm³/mol. The van der Waals surface area contributed by atoms with Crippen LogP contribution in [-0.4, -0.2) is 9.55 Å². The molecule has 1 aliphatic carbocycles. The van der Waals surface area contributed by atoms with E-state index in [4.69, 9.17) is 11.6 Å². The van der Waals surface area contributed by atoms with Crippen LogP contribution in [-0.2, 0) is 5.88 Å². The van der Waals surface area contributed by atoms with Crippen molar-refractivity contribution >= 4 is 22.5 Å². The summed E-state index contributed by atoms with van der Waals surface area (Å²) in [6.07, 6.45) is 3.31. The lowest BCUT2D eigenvalue weighted by atomic mass is 9.80. The number of nitrogens with zero attached hydrogens (tertiary/aromatic N) is 2. The second-order valence-corrected chi connectivity index (χ2v) is 6.69. The Morgan fingerprint density at radius 3 is 2.52 bits per heavy atom. The maximum atomic E-state index is 12.9. The van der Waals surface area contributed by atoms with Gasteiger partial charge >= 0.3 is 0 Å². The number of fused-ring (bicyclic) bond motifs is 1. The maximum absolute atomic E-state index is 12.9. The van der Waals surface area contributed by atoms with Crippen LogP contribution in [0.5, 0.6) is 0 Å². The summed E-state index contributed by atoms with van der Waals surface area (Å²) in [7, 11) is 0. The number of para-hydroxylation sites is 1. The Balaban J connectivity index is 2.16. The summed E-state index contributed by atoms with van der Waals surface area (Å²) in [5.74, 6) is 2.26. The second kappa shape index (κ2) is 5.80. The lowest BCUT2D eigenvalue weighted by Gasteiger charge is -2.33. The SMILES string of the molecule is CC1CC(C)CC(n2c(CCl)nc3ccccc3c2=O)C1. The number of hydrogen-bond donors (Lipinski definition) is 0. The van der Waals surface area contributed by atoms with Crippen molar-refractivity contribution < 1.29 is 0 Å². The molecular weight excluding hydrogens is 284 g/mol. The molecule has 2 atom stereocenters. The minimum Gasteiger partial charge on any atom is -0.292 e. The fraction of sp³-hybridized carbons (Fsp3) is 0.529. The van der Waals surface area contributed by atoms with Gasteiger partial charge in [0, 0.05) is 6.04 Å². The molecule has 0 amide bonds. The largest absolute Gasteiger partial charge is 0.292 e. The molecule has 2 unspecified atom stereocenters. The Morgan fingerprint density at radius 2 is 1.86 bits per heavy atom. The van der Waals surface area contributed by atoms with Gasteiger partial charge in [-0.1, -0.05) is 26.0 Å². The Bertz CT molecular complexity index is 699. The Morgan fingerprint density at radius 1 is 1.19 bits per heavy atom. The Kier molecular flexibility index (Phi) is 4.03. The van der Waals surface area contributed by atoms with E-state index in [0.717, 1.165) is 18.4 Å². The van der Waals surface area contributed by atoms with Gasteiger partial charge in [-0.25, -0.2) is 4.98 Å². The molecule has 1 aliphatic rings. The van der Waals surface area contributed by atoms with E-state index in [1.54, 1.807) is 0 Å². The highest BCUT2D eigenvalue weighted by Gasteiger charge is 2.27. The molecular formula is C17H21ClN2O. The number of hydrogen-bond acceptors (Lipinski definition) is 2. The molecule has 0 radical (unpaired) electrons. The molecule has 1 saturated carbocycles. The first-order chi connectivity index (χ1) is 10.1. The van der Waals surface area contributed by atoms with Crippen molar-refractivity contribution in [2.24, 2.45) is 11.8 Å². The molecule has 4 heteroatoms. The van der Waals surface area contributed by atoms with Gasteiger partial charge in [-0.2, -0.15) is 0 Å². The lowest BCUT2D eigenvalue weighted by molar-refractivity contribution is 0.215. The van der Waals surface area contributed by atoms with E-state index in [1.807, 2.05) is 28.8 Å². The van der Waals surface area contributed by atoms with Crippen molar-refractivity contribution in [1.29, 1.82) is 0 Å². The first kappa shape index (κ1) is 14.6. The maximum Gasteiger partial charge on any atom is 0.261 e. The minimum absolute atomic E-state index is 0.0579. The minimum atomic E-state index is 0.0579. The average Bonchev–Trinajstić information content (AvgIpc) is 2.46. The zero-order valence-corrected chi connectivity index (χ0v) is 13.3. The lowest BCUT2D eigenvalue weighted by Crippen LogP contribution is -2.33. The second-order valence-electron chi connectivity index (χ2n) is 6.43. The quantitative estimate of drug-likeness (QED) is 0.782. The number of halogens is 1. The highest BCUT2D eigenvalue weighted by Crippen LogP contribution is 2.36. The average molecular weight is 305 g/mol. The summed E-state index contributed by atoms with van der Waals surface area (Å²) in [4.78, 5) is 17.5. The van der Waals surface area contributed by atoms with Crippen molar-refractivity contribution in [1.82, 2.24) is 9.55 Å². The predicted octanol–water partition coefficient (Wildman–Crippen LogP) is 4.13. The summed E-state index contributed by atoms with van der Waals surface area (Å²) in [5, 5.41) is 0.692. The third kappa shape index (κ3) is 2.71. The van der Waals surface area contributed by atoms with E-state index >= 15 is 0 Å². The van der Waals surface area contributed by atoms with E-state index in [2.05, 4.69) is 18.8 Å². The van der Waals surface area contributed by atoms with Crippen molar-refractivity contribution in [3.05, 3.63) is 40.4 Å². The van der Waals surface area contributed by atoms with E-state index in [-0.39, 0.29) is 17.5 Å². The molecule has 3 nitrogen and oxygen atoms in total. The molecule has 3 rings (SSSR count). The van der Waals surface area contributed by atoms with Gasteiger partial charge < -0.3 is 0 Å². The number of benzene rings is 1. The van der Waals surface area contributed by atoms with Gasteiger partial charge in [-0.05, 0) is 43.2 Å². The van der Waals surface area contributed by atoms with Gasteiger partial charge in [0.2, 0.25) is 0 Å². The van der Waals surface area contributed by atoms with Gasteiger partial charge in [-0.3, -0.25) is 9.36 Å². The molecule has 0 saturated heterocycles. The fourth-order valence-corrected chi connectivity index (χ4v) is 3.97. The molecule has 0 spiro atoms. The zero-order chi connectivity index (χ0) is 15.0. The fourth-order valence-electron chi connectivity index (χ4n) is 3.78. The molecule has 1 heterocycles. The first-order valence-corrected chi connectivity index (χ1v) is 8.19. The summed E-state index contributed by atoms with van der Waals surface area (Å²) < 4.78 is 1.86. The first-order valence-electron chi connectivity index (χ1n) is 7.66. The normalized spacial score (nSPS) is 26.1. The van der Waals surface area contributed by atoms with Crippen LogP contribution in [0.3, 0.4) is 0 Å². The zero-order valence-electron chi connectivity index (χ0n) is 12.6. The number of aromatic nitrogens is 2. The molecule has 0 N–H and O–H groups in total. The summed E-state index contributed by atoms with van der Waals surface area (Å²) >= 11 is 6.07. The molecule has 21 heavy (non-hydrogen) atoms. The third-order valence-electron chi connectivity index (χ3n) is 4.52. The molecule has 1 aromatic carbocycles. The summed E-state index contributed by atoms with van der Waals surface area (Å²) in [6, 6.07) is 7.75. The molecule has 1 fully saturated rings. The van der Waals surface area contributed by atoms with Gasteiger partial charge in [-0.15, -0.1) is 11.6 Å². The highest BCUT2D eigenvalue weighted by molar-refractivity contribution is 6.16. The van der Waals surface area contributed by atoms with E-state index in [1.165, 1.54) is 6.42 Å². The van der Waals surface area contributed by atoms with E-state index in [0.29, 0.717) is 23.0 Å². The van der Waals surface area contributed by atoms with Crippen LogP contribution in [0.4, 0.5) is 0 Å². The van der Waals surface area contributed by atoms with Gasteiger partial charge in [0.05, 0.1) is 16.8 Å². The van der Waals surface area contributed by atoms with Gasteiger partial charge in [0.1, 0.15) is 5.82 Å². The highest BCUT2D eigenvalue weighted by atomic mass is 35.5. The molecule has 0 bridgehead atoms. The molecule has 112 valence electrons. The third-order valence-corrected chi connectivity index (χ3v) is 4.76. The van der Waals surface area contributed by atoms with Crippen LogP contribution in [0.25, 0.3) is 10.9 Å². The van der Waals surface area contributed by atoms with Crippen molar-refractivity contribution in [3.63, 3.8) is 0 Å². The van der Waals surface area contributed by atoms with Crippen LogP contribution in [0.15, 0.2) is 29.1 Å². The summed E-state index contributed by atoms with van der Waals surface area (Å²) in [5.41, 5.74) is 0.800. The number of rotatable bonds is 2. The van der Waals surface area contributed by atoms with E-state index in [9.17, 15) is 4.79 Å². The smallest absolute Gasteiger partial charge is 0.261 e. The monoisotopic (exact) mass is 304 g/mol. The standard InChI is InChI=1S/C17H21ClN2O/c1-11-7-12(2)9-13(8-11)20-16(10-18)19-15-6-4-3-5-14(15)17(20)21/h3-6,11-13H,7-10H2,1-2H3. The van der Waals surface area contributed by atoms with Crippen LogP contribution in [0, 0.1) is 11.8 Å². The topological polar surface area (TPSA) is 34.9 Å². The molecule has 0 aliphatic heterocycles. The van der Waals surface area contributed by atoms with Crippen LogP contribution in [0.2, 0.25) is 0 Å². The molecule has 1 aromatic heterocycles.